The summed E-state index contributed by atoms with van der Waals surface area (Å²) in [6.07, 6.45) is 1.19. The van der Waals surface area contributed by atoms with Gasteiger partial charge in [0.15, 0.2) is 11.6 Å². The molecule has 2 N–H and O–H groups in total. The molecule has 0 spiro atoms. The van der Waals surface area contributed by atoms with E-state index >= 15 is 0 Å². The molecule has 1 aromatic carbocycles. The summed E-state index contributed by atoms with van der Waals surface area (Å²) < 4.78 is 13.9. The number of hydrogen-bond acceptors (Lipinski definition) is 3. The van der Waals surface area contributed by atoms with Crippen molar-refractivity contribution >= 4 is 40.7 Å². The highest BCUT2D eigenvalue weighted by Crippen LogP contribution is 2.29. The second kappa shape index (κ2) is 5.42. The van der Waals surface area contributed by atoms with Crippen LogP contribution in [0.3, 0.4) is 0 Å². The molecule has 0 unspecified atom stereocenters. The molecule has 1 heterocycles. The first-order valence-corrected chi connectivity index (χ1v) is 5.84. The summed E-state index contributed by atoms with van der Waals surface area (Å²) in [7, 11) is 0. The lowest BCUT2D eigenvalue weighted by molar-refractivity contribution is 0.0692. The van der Waals surface area contributed by atoms with Crippen LogP contribution in [0.25, 0.3) is 0 Å². The third-order valence-corrected chi connectivity index (χ3v) is 2.87. The Kier molecular flexibility index (Phi) is 3.87. The van der Waals surface area contributed by atoms with Crippen LogP contribution in [-0.2, 0) is 0 Å². The molecule has 1 aromatic heterocycles. The fourth-order valence-corrected chi connectivity index (χ4v) is 1.75. The van der Waals surface area contributed by atoms with Gasteiger partial charge in [0.2, 0.25) is 0 Å². The summed E-state index contributed by atoms with van der Waals surface area (Å²) in [5.41, 5.74) is -0.140. The van der Waals surface area contributed by atoms with Gasteiger partial charge < -0.3 is 10.4 Å². The lowest BCUT2D eigenvalue weighted by Gasteiger charge is -2.09. The van der Waals surface area contributed by atoms with Crippen LogP contribution in [0.4, 0.5) is 15.9 Å². The summed E-state index contributed by atoms with van der Waals surface area (Å²) in [4.78, 5) is 14.5. The van der Waals surface area contributed by atoms with E-state index in [1.165, 1.54) is 18.3 Å². The Bertz CT molecular complexity index is 650. The Hall–Kier alpha value is -1.85. The number of nitrogens with one attached hydrogen (secondary N) is 1. The zero-order valence-electron chi connectivity index (χ0n) is 9.32. The Morgan fingerprint density at radius 2 is 2.05 bits per heavy atom. The molecular formula is C12H7Cl2FN2O2. The van der Waals surface area contributed by atoms with Crippen LogP contribution >= 0.6 is 23.2 Å². The molecule has 4 nitrogen and oxygen atoms in total. The zero-order chi connectivity index (χ0) is 14.0. The fourth-order valence-electron chi connectivity index (χ4n) is 1.42. The van der Waals surface area contributed by atoms with Gasteiger partial charge in [-0.1, -0.05) is 23.2 Å². The standard InChI is InChI=1S/C12H7Cl2FN2O2/c13-6-1-2-8(14)9(5-6)17-11-10(15)7(12(18)19)3-4-16-11/h1-5H,(H,16,17)(H,18,19). The molecule has 0 atom stereocenters. The van der Waals surface area contributed by atoms with E-state index in [1.807, 2.05) is 0 Å². The van der Waals surface area contributed by atoms with Crippen molar-refractivity contribution in [3.63, 3.8) is 0 Å². The van der Waals surface area contributed by atoms with Crippen molar-refractivity contribution in [2.24, 2.45) is 0 Å². The minimum atomic E-state index is -1.37. The Morgan fingerprint density at radius 1 is 1.32 bits per heavy atom. The minimum absolute atomic E-state index is 0.232. The van der Waals surface area contributed by atoms with E-state index in [9.17, 15) is 9.18 Å². The quantitative estimate of drug-likeness (QED) is 0.900. The van der Waals surface area contributed by atoms with Crippen LogP contribution in [0, 0.1) is 5.82 Å². The van der Waals surface area contributed by atoms with Crippen LogP contribution in [0.2, 0.25) is 10.0 Å². The van der Waals surface area contributed by atoms with Crippen molar-refractivity contribution in [3.05, 3.63) is 51.9 Å². The molecular weight excluding hydrogens is 294 g/mol. The van der Waals surface area contributed by atoms with Gasteiger partial charge in [-0.2, -0.15) is 0 Å². The number of carboxylic acid groups (broad SMARTS) is 1. The molecule has 0 aliphatic rings. The predicted molar refractivity (Wildman–Crippen MR) is 70.9 cm³/mol. The maximum atomic E-state index is 13.9. The van der Waals surface area contributed by atoms with Crippen molar-refractivity contribution in [2.75, 3.05) is 5.32 Å². The molecule has 0 aliphatic heterocycles. The van der Waals surface area contributed by atoms with Crippen LogP contribution in [0.1, 0.15) is 10.4 Å². The number of rotatable bonds is 3. The average Bonchev–Trinajstić information content (AvgIpc) is 2.36. The van der Waals surface area contributed by atoms with E-state index in [4.69, 9.17) is 28.3 Å². The monoisotopic (exact) mass is 300 g/mol. The first kappa shape index (κ1) is 13.6. The molecule has 2 aromatic rings. The Labute approximate surface area is 117 Å². The van der Waals surface area contributed by atoms with E-state index in [-0.39, 0.29) is 5.82 Å². The largest absolute Gasteiger partial charge is 0.478 e. The highest BCUT2D eigenvalue weighted by Gasteiger charge is 2.15. The van der Waals surface area contributed by atoms with Crippen LogP contribution in [-0.4, -0.2) is 16.1 Å². The fraction of sp³-hybridized carbons (Fsp3) is 0. The summed E-state index contributed by atoms with van der Waals surface area (Å²) in [5, 5.41) is 12.1. The lowest BCUT2D eigenvalue weighted by Crippen LogP contribution is -2.05. The topological polar surface area (TPSA) is 62.2 Å². The third kappa shape index (κ3) is 2.94. The predicted octanol–water partition coefficient (Wildman–Crippen LogP) is 3.97. The molecule has 2 rings (SSSR count). The number of hydrogen-bond donors (Lipinski definition) is 2. The highest BCUT2D eigenvalue weighted by molar-refractivity contribution is 6.35. The van der Waals surface area contributed by atoms with Gasteiger partial charge in [0, 0.05) is 11.2 Å². The minimum Gasteiger partial charge on any atom is -0.478 e. The van der Waals surface area contributed by atoms with E-state index in [2.05, 4.69) is 10.3 Å². The summed E-state index contributed by atoms with van der Waals surface area (Å²) >= 11 is 11.7. The van der Waals surface area contributed by atoms with Gasteiger partial charge in [0.05, 0.1) is 10.7 Å². The van der Waals surface area contributed by atoms with Gasteiger partial charge in [-0.3, -0.25) is 0 Å². The number of benzene rings is 1. The Balaban J connectivity index is 2.41. The summed E-state index contributed by atoms with van der Waals surface area (Å²) in [6.45, 7) is 0. The van der Waals surface area contributed by atoms with Crippen molar-refractivity contribution in [2.45, 2.75) is 0 Å². The number of aromatic nitrogens is 1. The first-order valence-electron chi connectivity index (χ1n) is 5.09. The Morgan fingerprint density at radius 3 is 2.74 bits per heavy atom. The lowest BCUT2D eigenvalue weighted by atomic mass is 10.2. The smallest absolute Gasteiger partial charge is 0.338 e. The molecule has 19 heavy (non-hydrogen) atoms. The maximum absolute atomic E-state index is 13.9. The molecule has 0 saturated carbocycles. The SMILES string of the molecule is O=C(O)c1ccnc(Nc2cc(Cl)ccc2Cl)c1F. The van der Waals surface area contributed by atoms with Crippen molar-refractivity contribution in [1.29, 1.82) is 0 Å². The van der Waals surface area contributed by atoms with Crippen molar-refractivity contribution < 1.29 is 14.3 Å². The summed E-state index contributed by atoms with van der Waals surface area (Å²) in [5.74, 6) is -2.57. The molecule has 0 bridgehead atoms. The molecule has 7 heteroatoms. The molecule has 0 saturated heterocycles. The number of halogens is 3. The van der Waals surface area contributed by atoms with Crippen LogP contribution < -0.4 is 5.32 Å². The van der Waals surface area contributed by atoms with E-state index in [0.29, 0.717) is 15.7 Å². The molecule has 0 radical (unpaired) electrons. The van der Waals surface area contributed by atoms with E-state index in [1.54, 1.807) is 6.07 Å². The number of carboxylic acids is 1. The average molecular weight is 301 g/mol. The molecule has 0 aliphatic carbocycles. The van der Waals surface area contributed by atoms with Gasteiger partial charge in [-0.25, -0.2) is 14.2 Å². The second-order valence-corrected chi connectivity index (χ2v) is 4.42. The van der Waals surface area contributed by atoms with Crippen molar-refractivity contribution in [3.8, 4) is 0 Å². The normalized spacial score (nSPS) is 10.3. The van der Waals surface area contributed by atoms with Gasteiger partial charge in [-0.05, 0) is 24.3 Å². The van der Waals surface area contributed by atoms with E-state index < -0.39 is 17.3 Å². The number of anilines is 2. The second-order valence-electron chi connectivity index (χ2n) is 3.58. The van der Waals surface area contributed by atoms with Gasteiger partial charge in [0.25, 0.3) is 0 Å². The maximum Gasteiger partial charge on any atom is 0.338 e. The number of carbonyl (C=O) groups is 1. The highest BCUT2D eigenvalue weighted by atomic mass is 35.5. The molecule has 98 valence electrons. The molecule has 0 amide bonds. The number of pyridine rings is 1. The molecule has 0 fully saturated rings. The van der Waals surface area contributed by atoms with Gasteiger partial charge >= 0.3 is 5.97 Å². The first-order chi connectivity index (χ1) is 8.99. The van der Waals surface area contributed by atoms with Crippen molar-refractivity contribution in [1.82, 2.24) is 4.98 Å². The van der Waals surface area contributed by atoms with Gasteiger partial charge in [-0.15, -0.1) is 0 Å². The zero-order valence-corrected chi connectivity index (χ0v) is 10.8. The van der Waals surface area contributed by atoms with E-state index in [0.717, 1.165) is 6.07 Å². The number of nitrogens with zero attached hydrogens (tertiary/aromatic N) is 1. The van der Waals surface area contributed by atoms with Crippen LogP contribution in [0.15, 0.2) is 30.5 Å². The number of aromatic carboxylic acids is 1. The van der Waals surface area contributed by atoms with Gasteiger partial charge in [0.1, 0.15) is 5.56 Å². The van der Waals surface area contributed by atoms with Crippen LogP contribution in [0.5, 0.6) is 0 Å². The third-order valence-electron chi connectivity index (χ3n) is 2.30. The summed E-state index contributed by atoms with van der Waals surface area (Å²) in [6, 6.07) is 5.67.